The van der Waals surface area contributed by atoms with Crippen molar-refractivity contribution in [1.29, 1.82) is 0 Å². The van der Waals surface area contributed by atoms with Crippen LogP contribution in [-0.4, -0.2) is 24.5 Å². The lowest BCUT2D eigenvalue weighted by molar-refractivity contribution is -0.123. The number of hydrogen-bond donors (Lipinski definition) is 0. The third-order valence-corrected chi connectivity index (χ3v) is 8.25. The number of aryl methyl sites for hydroxylation is 1. The summed E-state index contributed by atoms with van der Waals surface area (Å²) in [6, 6.07) is 23.9. The Labute approximate surface area is 223 Å². The van der Waals surface area contributed by atoms with Crippen molar-refractivity contribution in [3.63, 3.8) is 0 Å². The van der Waals surface area contributed by atoms with E-state index in [2.05, 4.69) is 0 Å². The number of benzene rings is 4. The summed E-state index contributed by atoms with van der Waals surface area (Å²) in [7, 11) is -4.14. The third kappa shape index (κ3) is 5.27. The van der Waals surface area contributed by atoms with Crippen molar-refractivity contribution >= 4 is 61.5 Å². The van der Waals surface area contributed by atoms with Gasteiger partial charge in [0, 0.05) is 10.6 Å². The normalized spacial score (nSPS) is 15.1. The van der Waals surface area contributed by atoms with Gasteiger partial charge in [0.2, 0.25) is 0 Å². The molecule has 0 atom stereocenters. The van der Waals surface area contributed by atoms with E-state index in [0.29, 0.717) is 16.0 Å². The predicted molar refractivity (Wildman–Crippen MR) is 146 cm³/mol. The molecule has 0 saturated carbocycles. The molecule has 1 saturated heterocycles. The largest absolute Gasteiger partial charge is 0.378 e. The summed E-state index contributed by atoms with van der Waals surface area (Å²) in [6.45, 7) is 1.96. The van der Waals surface area contributed by atoms with Crippen molar-refractivity contribution in [3.8, 4) is 5.75 Å². The van der Waals surface area contributed by atoms with E-state index >= 15 is 0 Å². The average Bonchev–Trinajstić information content (AvgIpc) is 3.14. The first-order chi connectivity index (χ1) is 17.7. The molecule has 0 N–H and O–H groups in total. The standard InChI is InChI=1S/C28H20ClNO5S2/c1-18-6-13-22(14-7-18)37(33,34)35-25-15-10-20-4-2-3-5-23(20)24(25)16-26-27(31)30(28(32)36-26)17-19-8-11-21(29)12-9-19/h2-16H,17H2,1H3/b26-16-. The smallest absolute Gasteiger partial charge is 0.339 e. The second kappa shape index (κ2) is 10.0. The van der Waals surface area contributed by atoms with Gasteiger partial charge in [-0.15, -0.1) is 0 Å². The summed E-state index contributed by atoms with van der Waals surface area (Å²) in [5.41, 5.74) is 2.07. The van der Waals surface area contributed by atoms with Crippen LogP contribution in [0.4, 0.5) is 4.79 Å². The number of thioether (sulfide) groups is 1. The van der Waals surface area contributed by atoms with Crippen molar-refractivity contribution in [2.75, 3.05) is 0 Å². The number of rotatable bonds is 6. The molecule has 2 amide bonds. The highest BCUT2D eigenvalue weighted by molar-refractivity contribution is 8.18. The minimum atomic E-state index is -4.14. The minimum absolute atomic E-state index is 0.0143. The zero-order valence-corrected chi connectivity index (χ0v) is 21.9. The second-order valence-electron chi connectivity index (χ2n) is 8.44. The van der Waals surface area contributed by atoms with Gasteiger partial charge in [-0.25, -0.2) is 0 Å². The van der Waals surface area contributed by atoms with Gasteiger partial charge in [0.05, 0.1) is 11.4 Å². The highest BCUT2D eigenvalue weighted by Crippen LogP contribution is 2.38. The maximum Gasteiger partial charge on any atom is 0.339 e. The van der Waals surface area contributed by atoms with Gasteiger partial charge < -0.3 is 4.18 Å². The molecule has 1 fully saturated rings. The number of imide groups is 1. The highest BCUT2D eigenvalue weighted by Gasteiger charge is 2.35. The van der Waals surface area contributed by atoms with Crippen molar-refractivity contribution in [2.24, 2.45) is 0 Å². The van der Waals surface area contributed by atoms with Crippen LogP contribution in [0.5, 0.6) is 5.75 Å². The van der Waals surface area contributed by atoms with Crippen LogP contribution in [0.2, 0.25) is 5.02 Å². The summed E-state index contributed by atoms with van der Waals surface area (Å²) >= 11 is 6.74. The minimum Gasteiger partial charge on any atom is -0.378 e. The van der Waals surface area contributed by atoms with Crippen LogP contribution >= 0.6 is 23.4 Å². The van der Waals surface area contributed by atoms with Gasteiger partial charge >= 0.3 is 10.1 Å². The van der Waals surface area contributed by atoms with Crippen LogP contribution in [0, 0.1) is 6.92 Å². The summed E-state index contributed by atoms with van der Waals surface area (Å²) in [5.74, 6) is -0.408. The number of hydrogen-bond acceptors (Lipinski definition) is 6. The van der Waals surface area contributed by atoms with Gasteiger partial charge in [0.1, 0.15) is 4.90 Å². The van der Waals surface area contributed by atoms with Gasteiger partial charge in [-0.2, -0.15) is 8.42 Å². The molecule has 1 heterocycles. The molecular weight excluding hydrogens is 530 g/mol. The third-order valence-electron chi connectivity index (χ3n) is 5.84. The Bertz CT molecular complexity index is 1660. The summed E-state index contributed by atoms with van der Waals surface area (Å²) in [5, 5.41) is 1.65. The van der Waals surface area contributed by atoms with Crippen LogP contribution in [0.1, 0.15) is 16.7 Å². The maximum absolute atomic E-state index is 13.2. The molecule has 1 aliphatic rings. The molecule has 6 nitrogen and oxygen atoms in total. The highest BCUT2D eigenvalue weighted by atomic mass is 35.5. The lowest BCUT2D eigenvalue weighted by atomic mass is 10.0. The molecular formula is C28H20ClNO5S2. The zero-order chi connectivity index (χ0) is 26.2. The van der Waals surface area contributed by atoms with Crippen LogP contribution in [0.15, 0.2) is 94.7 Å². The summed E-state index contributed by atoms with van der Waals surface area (Å²) < 4.78 is 31.7. The molecule has 9 heteroatoms. The fourth-order valence-electron chi connectivity index (χ4n) is 3.91. The number of carbonyl (C=O) groups excluding carboxylic acids is 2. The van der Waals surface area contributed by atoms with Gasteiger partial charge in [-0.1, -0.05) is 71.8 Å². The van der Waals surface area contributed by atoms with E-state index in [4.69, 9.17) is 15.8 Å². The molecule has 0 aromatic heterocycles. The average molecular weight is 550 g/mol. The first-order valence-electron chi connectivity index (χ1n) is 11.2. The number of amides is 2. The molecule has 0 spiro atoms. The fraction of sp³-hybridized carbons (Fsp3) is 0.0714. The van der Waals surface area contributed by atoms with Crippen LogP contribution in [-0.2, 0) is 21.5 Å². The fourth-order valence-corrected chi connectivity index (χ4v) is 5.80. The van der Waals surface area contributed by atoms with E-state index in [9.17, 15) is 18.0 Å². The Hall–Kier alpha value is -3.59. The summed E-state index contributed by atoms with van der Waals surface area (Å²) in [6.07, 6.45) is 1.52. The molecule has 0 aliphatic carbocycles. The van der Waals surface area contributed by atoms with E-state index in [0.717, 1.165) is 33.2 Å². The Balaban J connectivity index is 1.53. The SMILES string of the molecule is Cc1ccc(S(=O)(=O)Oc2ccc3ccccc3c2/C=C2\SC(=O)N(Cc3ccc(Cl)cc3)C2=O)cc1. The molecule has 0 bridgehead atoms. The molecule has 186 valence electrons. The predicted octanol–water partition coefficient (Wildman–Crippen LogP) is 6.81. The topological polar surface area (TPSA) is 80.8 Å². The molecule has 4 aromatic rings. The molecule has 4 aromatic carbocycles. The molecule has 1 aliphatic heterocycles. The Morgan fingerprint density at radius 2 is 1.62 bits per heavy atom. The van der Waals surface area contributed by atoms with Crippen LogP contribution < -0.4 is 4.18 Å². The summed E-state index contributed by atoms with van der Waals surface area (Å²) in [4.78, 5) is 27.3. The van der Waals surface area contributed by atoms with Crippen molar-refractivity contribution in [3.05, 3.63) is 112 Å². The Kier molecular flexibility index (Phi) is 6.81. The number of nitrogens with zero attached hydrogens (tertiary/aromatic N) is 1. The van der Waals surface area contributed by atoms with Crippen LogP contribution in [0.3, 0.4) is 0 Å². The van der Waals surface area contributed by atoms with Crippen molar-refractivity contribution in [2.45, 2.75) is 18.4 Å². The lowest BCUT2D eigenvalue weighted by Gasteiger charge is -2.13. The maximum atomic E-state index is 13.2. The van der Waals surface area contributed by atoms with Crippen molar-refractivity contribution in [1.82, 2.24) is 4.90 Å². The molecule has 5 rings (SSSR count). The van der Waals surface area contributed by atoms with Crippen LogP contribution in [0.25, 0.3) is 16.8 Å². The lowest BCUT2D eigenvalue weighted by Crippen LogP contribution is -2.27. The van der Waals surface area contributed by atoms with E-state index in [1.807, 2.05) is 31.2 Å². The molecule has 37 heavy (non-hydrogen) atoms. The van der Waals surface area contributed by atoms with Gasteiger partial charge in [0.25, 0.3) is 11.1 Å². The quantitative estimate of drug-likeness (QED) is 0.194. The van der Waals surface area contributed by atoms with E-state index in [-0.39, 0.29) is 22.1 Å². The van der Waals surface area contributed by atoms with Gasteiger partial charge in [-0.3, -0.25) is 14.5 Å². The monoisotopic (exact) mass is 549 g/mol. The molecule has 0 unspecified atom stereocenters. The van der Waals surface area contributed by atoms with E-state index in [1.165, 1.54) is 18.2 Å². The van der Waals surface area contributed by atoms with Crippen molar-refractivity contribution < 1.29 is 22.2 Å². The zero-order valence-electron chi connectivity index (χ0n) is 19.6. The Morgan fingerprint density at radius 1 is 0.919 bits per heavy atom. The Morgan fingerprint density at radius 3 is 2.35 bits per heavy atom. The molecule has 0 radical (unpaired) electrons. The van der Waals surface area contributed by atoms with E-state index in [1.54, 1.807) is 48.5 Å². The number of carbonyl (C=O) groups is 2. The number of halogens is 1. The first kappa shape index (κ1) is 25.1. The van der Waals surface area contributed by atoms with Gasteiger partial charge in [-0.05, 0) is 71.4 Å². The van der Waals surface area contributed by atoms with Gasteiger partial charge in [0.15, 0.2) is 5.75 Å². The second-order valence-corrected chi connectivity index (χ2v) is 11.4. The van der Waals surface area contributed by atoms with E-state index < -0.39 is 21.3 Å². The number of fused-ring (bicyclic) bond motifs is 1. The first-order valence-corrected chi connectivity index (χ1v) is 13.8.